The first-order valence-electron chi connectivity index (χ1n) is 5.45. The Bertz CT molecular complexity index is 592. The Labute approximate surface area is 99.3 Å². The lowest BCUT2D eigenvalue weighted by molar-refractivity contribution is -0.118. The first-order valence-corrected chi connectivity index (χ1v) is 5.45. The minimum atomic E-state index is -0.0254. The Morgan fingerprint density at radius 3 is 3.06 bits per heavy atom. The molecule has 1 aromatic heterocycles. The van der Waals surface area contributed by atoms with Gasteiger partial charge in [0, 0.05) is 30.6 Å². The number of nitriles is 1. The molecule has 2 rings (SSSR count). The van der Waals surface area contributed by atoms with Crippen LogP contribution in [-0.2, 0) is 11.2 Å². The smallest absolute Gasteiger partial charge is 0.216 e. The molecule has 0 aliphatic carbocycles. The van der Waals surface area contributed by atoms with E-state index in [1.54, 1.807) is 6.07 Å². The number of carbonyl (C=O) groups is 1. The zero-order valence-corrected chi connectivity index (χ0v) is 9.58. The van der Waals surface area contributed by atoms with E-state index in [1.807, 2.05) is 18.3 Å². The highest BCUT2D eigenvalue weighted by atomic mass is 16.1. The molecule has 0 saturated carbocycles. The number of rotatable bonds is 3. The highest BCUT2D eigenvalue weighted by Gasteiger charge is 2.04. The van der Waals surface area contributed by atoms with Crippen LogP contribution in [0.3, 0.4) is 0 Å². The second kappa shape index (κ2) is 4.71. The van der Waals surface area contributed by atoms with Crippen LogP contribution in [-0.4, -0.2) is 17.4 Å². The lowest BCUT2D eigenvalue weighted by Gasteiger charge is -2.01. The molecule has 0 unspecified atom stereocenters. The number of carbonyl (C=O) groups excluding carboxylic acids is 1. The molecule has 2 N–H and O–H groups in total. The Morgan fingerprint density at radius 2 is 2.35 bits per heavy atom. The second-order valence-electron chi connectivity index (χ2n) is 3.92. The van der Waals surface area contributed by atoms with Gasteiger partial charge in [0.1, 0.15) is 0 Å². The van der Waals surface area contributed by atoms with Crippen molar-refractivity contribution in [1.29, 1.82) is 5.26 Å². The van der Waals surface area contributed by atoms with E-state index in [0.717, 1.165) is 22.9 Å². The summed E-state index contributed by atoms with van der Waals surface area (Å²) in [6.07, 6.45) is 2.68. The average molecular weight is 227 g/mol. The fourth-order valence-electron chi connectivity index (χ4n) is 1.83. The van der Waals surface area contributed by atoms with Gasteiger partial charge in [0.15, 0.2) is 0 Å². The van der Waals surface area contributed by atoms with Crippen LogP contribution in [0.15, 0.2) is 24.4 Å². The molecule has 17 heavy (non-hydrogen) atoms. The van der Waals surface area contributed by atoms with E-state index in [9.17, 15) is 4.79 Å². The summed E-state index contributed by atoms with van der Waals surface area (Å²) < 4.78 is 0. The van der Waals surface area contributed by atoms with Gasteiger partial charge in [0.05, 0.1) is 11.6 Å². The summed E-state index contributed by atoms with van der Waals surface area (Å²) in [6.45, 7) is 2.11. The summed E-state index contributed by atoms with van der Waals surface area (Å²) in [7, 11) is 0. The van der Waals surface area contributed by atoms with Gasteiger partial charge in [-0.3, -0.25) is 4.79 Å². The van der Waals surface area contributed by atoms with Crippen molar-refractivity contribution in [3.63, 3.8) is 0 Å². The molecule has 0 aliphatic heterocycles. The van der Waals surface area contributed by atoms with Crippen molar-refractivity contribution in [3.8, 4) is 6.07 Å². The first kappa shape index (κ1) is 11.2. The lowest BCUT2D eigenvalue weighted by atomic mass is 10.1. The predicted molar refractivity (Wildman–Crippen MR) is 65.4 cm³/mol. The molecule has 0 fully saturated rings. The molecule has 0 spiro atoms. The van der Waals surface area contributed by atoms with E-state index in [2.05, 4.69) is 16.4 Å². The summed E-state index contributed by atoms with van der Waals surface area (Å²) in [5, 5.41) is 12.7. The third-order valence-electron chi connectivity index (χ3n) is 2.66. The van der Waals surface area contributed by atoms with Crippen LogP contribution in [0, 0.1) is 11.3 Å². The highest BCUT2D eigenvalue weighted by Crippen LogP contribution is 2.19. The summed E-state index contributed by atoms with van der Waals surface area (Å²) in [6, 6.07) is 7.68. The molecule has 1 aromatic carbocycles. The Balaban J connectivity index is 2.22. The number of fused-ring (bicyclic) bond motifs is 1. The van der Waals surface area contributed by atoms with E-state index < -0.39 is 0 Å². The molecule has 2 aromatic rings. The van der Waals surface area contributed by atoms with Crippen LogP contribution >= 0.6 is 0 Å². The zero-order valence-electron chi connectivity index (χ0n) is 9.58. The highest BCUT2D eigenvalue weighted by molar-refractivity contribution is 5.84. The number of hydrogen-bond donors (Lipinski definition) is 2. The third kappa shape index (κ3) is 2.45. The summed E-state index contributed by atoms with van der Waals surface area (Å²) in [5.41, 5.74) is 2.78. The summed E-state index contributed by atoms with van der Waals surface area (Å²) in [4.78, 5) is 13.9. The predicted octanol–water partition coefficient (Wildman–Crippen LogP) is 1.72. The molecular formula is C13H13N3O. The van der Waals surface area contributed by atoms with Crippen LogP contribution in [0.4, 0.5) is 0 Å². The Morgan fingerprint density at radius 1 is 1.53 bits per heavy atom. The largest absolute Gasteiger partial charge is 0.361 e. The van der Waals surface area contributed by atoms with Crippen molar-refractivity contribution in [2.75, 3.05) is 6.54 Å². The minimum Gasteiger partial charge on any atom is -0.361 e. The molecule has 4 heteroatoms. The maximum Gasteiger partial charge on any atom is 0.216 e. The molecule has 0 radical (unpaired) electrons. The monoisotopic (exact) mass is 227 g/mol. The van der Waals surface area contributed by atoms with Gasteiger partial charge in [-0.15, -0.1) is 0 Å². The first-order chi connectivity index (χ1) is 8.20. The summed E-state index contributed by atoms with van der Waals surface area (Å²) in [5.74, 6) is -0.0254. The number of amides is 1. The maximum atomic E-state index is 10.8. The topological polar surface area (TPSA) is 68.7 Å². The molecule has 0 atom stereocenters. The Hall–Kier alpha value is -2.28. The summed E-state index contributed by atoms with van der Waals surface area (Å²) >= 11 is 0. The van der Waals surface area contributed by atoms with Crippen LogP contribution in [0.5, 0.6) is 0 Å². The van der Waals surface area contributed by atoms with Gasteiger partial charge in [-0.25, -0.2) is 0 Å². The molecule has 4 nitrogen and oxygen atoms in total. The number of H-pyrrole nitrogens is 1. The minimum absolute atomic E-state index is 0.0254. The van der Waals surface area contributed by atoms with E-state index in [1.165, 1.54) is 6.92 Å². The van der Waals surface area contributed by atoms with Crippen LogP contribution in [0.1, 0.15) is 18.1 Å². The van der Waals surface area contributed by atoms with E-state index in [0.29, 0.717) is 12.1 Å². The number of aromatic nitrogens is 1. The normalized spacial score (nSPS) is 10.1. The van der Waals surface area contributed by atoms with Crippen molar-refractivity contribution in [3.05, 3.63) is 35.5 Å². The van der Waals surface area contributed by atoms with Crippen LogP contribution in [0.2, 0.25) is 0 Å². The molecule has 86 valence electrons. The zero-order chi connectivity index (χ0) is 12.3. The van der Waals surface area contributed by atoms with Crippen LogP contribution in [0.25, 0.3) is 10.9 Å². The molecule has 1 amide bonds. The average Bonchev–Trinajstić information content (AvgIpc) is 2.71. The number of nitrogens with zero attached hydrogens (tertiary/aromatic N) is 1. The number of hydrogen-bond acceptors (Lipinski definition) is 2. The fraction of sp³-hybridized carbons (Fsp3) is 0.231. The van der Waals surface area contributed by atoms with Crippen molar-refractivity contribution < 1.29 is 4.79 Å². The van der Waals surface area contributed by atoms with Crippen LogP contribution < -0.4 is 5.32 Å². The van der Waals surface area contributed by atoms with Gasteiger partial charge in [0.25, 0.3) is 0 Å². The van der Waals surface area contributed by atoms with Gasteiger partial charge in [0.2, 0.25) is 5.91 Å². The maximum absolute atomic E-state index is 10.8. The molecule has 0 aliphatic rings. The second-order valence-corrected chi connectivity index (χ2v) is 3.92. The van der Waals surface area contributed by atoms with Gasteiger partial charge in [-0.2, -0.15) is 5.26 Å². The van der Waals surface area contributed by atoms with Crippen molar-refractivity contribution >= 4 is 16.8 Å². The van der Waals surface area contributed by atoms with Crippen molar-refractivity contribution in [2.45, 2.75) is 13.3 Å². The Kier molecular flexibility index (Phi) is 3.10. The lowest BCUT2D eigenvalue weighted by Crippen LogP contribution is -2.22. The van der Waals surface area contributed by atoms with Crippen molar-refractivity contribution in [1.82, 2.24) is 10.3 Å². The molecular weight excluding hydrogens is 214 g/mol. The third-order valence-corrected chi connectivity index (χ3v) is 2.66. The molecule has 0 saturated heterocycles. The quantitative estimate of drug-likeness (QED) is 0.838. The van der Waals surface area contributed by atoms with E-state index in [4.69, 9.17) is 5.26 Å². The number of benzene rings is 1. The SMILES string of the molecule is CC(=O)NCCc1c[nH]c2ccc(C#N)cc12. The van der Waals surface area contributed by atoms with Gasteiger partial charge >= 0.3 is 0 Å². The fourth-order valence-corrected chi connectivity index (χ4v) is 1.83. The standard InChI is InChI=1S/C13H13N3O/c1-9(17)15-5-4-11-8-16-13-3-2-10(7-14)6-12(11)13/h2-3,6,8,16H,4-5H2,1H3,(H,15,17). The van der Waals surface area contributed by atoms with E-state index >= 15 is 0 Å². The number of nitrogens with one attached hydrogen (secondary N) is 2. The number of aromatic amines is 1. The van der Waals surface area contributed by atoms with Gasteiger partial charge in [-0.05, 0) is 30.2 Å². The molecule has 0 bridgehead atoms. The molecule has 1 heterocycles. The van der Waals surface area contributed by atoms with Gasteiger partial charge in [-0.1, -0.05) is 0 Å². The van der Waals surface area contributed by atoms with Gasteiger partial charge < -0.3 is 10.3 Å². The van der Waals surface area contributed by atoms with Crippen molar-refractivity contribution in [2.24, 2.45) is 0 Å². The van der Waals surface area contributed by atoms with E-state index in [-0.39, 0.29) is 5.91 Å².